The Morgan fingerprint density at radius 1 is 0.458 bits per heavy atom. The van der Waals surface area contributed by atoms with Crippen molar-refractivity contribution in [2.75, 3.05) is 0 Å². The molecule has 4 heterocycles. The summed E-state index contributed by atoms with van der Waals surface area (Å²) in [6.07, 6.45) is 26.5. The van der Waals surface area contributed by atoms with E-state index in [1.165, 1.54) is 129 Å². The third-order valence-electron chi connectivity index (χ3n) is 15.5. The third-order valence-corrected chi connectivity index (χ3v) is 17.5. The first kappa shape index (κ1) is 51.1. The minimum Gasteiger partial charge on any atom is -0.455 e. The molecule has 0 spiro atoms. The summed E-state index contributed by atoms with van der Waals surface area (Å²) in [5, 5.41) is 3.88. The maximum absolute atomic E-state index is 6.43. The largest absolute Gasteiger partial charge is 0.455 e. The molecule has 0 N–H and O–H groups in total. The van der Waals surface area contributed by atoms with Crippen LogP contribution in [0.2, 0.25) is 19.6 Å². The molecule has 0 amide bonds. The van der Waals surface area contributed by atoms with Crippen molar-refractivity contribution in [1.29, 1.82) is 0 Å². The summed E-state index contributed by atoms with van der Waals surface area (Å²) >= 11 is 0. The van der Waals surface area contributed by atoms with Crippen molar-refractivity contribution < 1.29 is 24.5 Å². The van der Waals surface area contributed by atoms with Crippen LogP contribution in [0.5, 0.6) is 0 Å². The van der Waals surface area contributed by atoms with Gasteiger partial charge >= 0.3 is 0 Å². The van der Waals surface area contributed by atoms with Crippen molar-refractivity contribution in [2.24, 2.45) is 17.8 Å². The zero-order valence-corrected chi connectivity index (χ0v) is 46.1. The fraction of sp³-hybridized carbons (Fsp3) is 0.318. The van der Waals surface area contributed by atoms with Gasteiger partial charge in [0, 0.05) is 66.2 Å². The average Bonchev–Trinajstić information content (AvgIpc) is 4.28. The SMILES string of the molecule is C[Si](C)(C)c1cnc(-c2ccccc2)cc1CC1CCCC1.[Ir].c1ccc(-c2cc(CC3CCCC3)ccn2)cc1.c1ccc(-c2cccc3oc4c(-c5cc(CC6CCCC6)ccn5)cccc4c23)cc1. The number of nitrogens with zero attached hydrogens (tertiary/aromatic N) is 3. The molecule has 3 fully saturated rings. The van der Waals surface area contributed by atoms with Crippen molar-refractivity contribution in [3.63, 3.8) is 0 Å². The van der Waals surface area contributed by atoms with E-state index in [1.807, 2.05) is 18.5 Å². The zero-order chi connectivity index (χ0) is 48.4. The fourth-order valence-electron chi connectivity index (χ4n) is 11.8. The van der Waals surface area contributed by atoms with Gasteiger partial charge in [0.2, 0.25) is 0 Å². The molecule has 6 heteroatoms. The van der Waals surface area contributed by atoms with Gasteiger partial charge < -0.3 is 4.42 Å². The smallest absolute Gasteiger partial charge is 0.144 e. The molecule has 0 bridgehead atoms. The van der Waals surface area contributed by atoms with Crippen molar-refractivity contribution in [3.8, 4) is 44.9 Å². The van der Waals surface area contributed by atoms with E-state index >= 15 is 0 Å². The number of benzene rings is 5. The predicted octanol–water partition coefficient (Wildman–Crippen LogP) is 17.6. The summed E-state index contributed by atoms with van der Waals surface area (Å²) in [5.41, 5.74) is 15.4. The number of fused-ring (bicyclic) bond motifs is 3. The standard InChI is InChI=1S/C29H25NO.C20H27NSi.C17H19N.Ir/c1-2-10-22(11-3-1)23-12-7-15-27-28(23)25-14-6-13-24(29(25)31-27)26-19-21(16-17-30-26)18-20-8-4-5-9-20;1-22(2,3)20-15-21-19(17-11-5-4-6-12-17)14-18(20)13-16-9-7-8-10-16;1-2-8-16(9-3-1)17-13-15(10-11-18-17)12-14-6-4-5-7-14;/h1-3,6-7,10-17,19-20H,4-5,8-9,18H2;4-6,11-12,14-16H,7-10,13H2,1-3H3;1-3,8-11,13-14H,4-7,12H2;. The first-order valence-corrected chi connectivity index (χ1v) is 30.3. The van der Waals surface area contributed by atoms with Crippen LogP contribution in [0.1, 0.15) is 93.7 Å². The number of furan rings is 1. The van der Waals surface area contributed by atoms with E-state index in [0.717, 1.165) is 63.4 Å². The third kappa shape index (κ3) is 12.7. The van der Waals surface area contributed by atoms with Crippen LogP contribution in [0.3, 0.4) is 0 Å². The molecule has 0 atom stereocenters. The van der Waals surface area contributed by atoms with Gasteiger partial charge in [0.15, 0.2) is 0 Å². The van der Waals surface area contributed by atoms with Gasteiger partial charge in [0.25, 0.3) is 0 Å². The van der Waals surface area contributed by atoms with Crippen molar-refractivity contribution in [1.82, 2.24) is 15.0 Å². The number of aromatic nitrogens is 3. The molecule has 369 valence electrons. The molecule has 9 aromatic rings. The molecule has 0 unspecified atom stereocenters. The summed E-state index contributed by atoms with van der Waals surface area (Å²) in [6.45, 7) is 7.30. The molecule has 0 saturated heterocycles. The maximum atomic E-state index is 6.43. The molecule has 4 aromatic heterocycles. The molecular weight excluding hydrogens is 1070 g/mol. The quantitative estimate of drug-likeness (QED) is 0.121. The van der Waals surface area contributed by atoms with Crippen LogP contribution >= 0.6 is 0 Å². The molecule has 3 aliphatic carbocycles. The molecule has 3 aliphatic rings. The van der Waals surface area contributed by atoms with E-state index in [4.69, 9.17) is 14.4 Å². The maximum Gasteiger partial charge on any atom is 0.144 e. The van der Waals surface area contributed by atoms with Crippen LogP contribution in [0, 0.1) is 17.8 Å². The van der Waals surface area contributed by atoms with E-state index in [1.54, 1.807) is 10.8 Å². The van der Waals surface area contributed by atoms with Gasteiger partial charge in [-0.2, -0.15) is 0 Å². The van der Waals surface area contributed by atoms with Gasteiger partial charge in [0.1, 0.15) is 11.2 Å². The van der Waals surface area contributed by atoms with Crippen LogP contribution in [0.4, 0.5) is 0 Å². The second kappa shape index (κ2) is 24.3. The van der Waals surface area contributed by atoms with Gasteiger partial charge in [-0.15, -0.1) is 0 Å². The van der Waals surface area contributed by atoms with Crippen LogP contribution in [0.25, 0.3) is 66.8 Å². The van der Waals surface area contributed by atoms with E-state index in [9.17, 15) is 0 Å². The minimum atomic E-state index is -1.34. The van der Waals surface area contributed by atoms with Crippen LogP contribution < -0.4 is 5.19 Å². The Labute approximate surface area is 443 Å². The van der Waals surface area contributed by atoms with Gasteiger partial charge in [0.05, 0.1) is 25.2 Å². The molecule has 1 radical (unpaired) electrons. The first-order valence-electron chi connectivity index (χ1n) is 26.8. The molecule has 72 heavy (non-hydrogen) atoms. The van der Waals surface area contributed by atoms with Gasteiger partial charge in [-0.25, -0.2) is 0 Å². The van der Waals surface area contributed by atoms with Crippen molar-refractivity contribution in [3.05, 3.63) is 193 Å². The van der Waals surface area contributed by atoms with Gasteiger partial charge in [-0.3, -0.25) is 15.0 Å². The Balaban J connectivity index is 0.000000138. The van der Waals surface area contributed by atoms with Crippen LogP contribution in [-0.4, -0.2) is 23.0 Å². The van der Waals surface area contributed by atoms with Crippen LogP contribution in [0.15, 0.2) is 181 Å². The Morgan fingerprint density at radius 3 is 1.49 bits per heavy atom. The Kier molecular flexibility index (Phi) is 17.3. The Hall–Kier alpha value is -5.78. The summed E-state index contributed by atoms with van der Waals surface area (Å²) in [6, 6.07) is 55.6. The normalized spacial score (nSPS) is 15.2. The van der Waals surface area contributed by atoms with Crippen molar-refractivity contribution in [2.45, 2.75) is 116 Å². The molecule has 3 saturated carbocycles. The second-order valence-corrected chi connectivity index (χ2v) is 26.7. The molecular formula is C66H71IrN3OSi. The van der Waals surface area contributed by atoms with Gasteiger partial charge in [-0.1, -0.05) is 212 Å². The zero-order valence-electron chi connectivity index (χ0n) is 42.7. The van der Waals surface area contributed by atoms with E-state index < -0.39 is 8.07 Å². The minimum absolute atomic E-state index is 0. The monoisotopic (exact) mass is 1140 g/mol. The fourth-order valence-corrected chi connectivity index (χ4v) is 13.3. The van der Waals surface area contributed by atoms with E-state index in [-0.39, 0.29) is 20.1 Å². The number of hydrogen-bond acceptors (Lipinski definition) is 4. The molecule has 12 rings (SSSR count). The molecule has 4 nitrogen and oxygen atoms in total. The van der Waals surface area contributed by atoms with E-state index in [0.29, 0.717) is 0 Å². The Morgan fingerprint density at radius 2 is 0.931 bits per heavy atom. The van der Waals surface area contributed by atoms with Crippen molar-refractivity contribution >= 4 is 35.2 Å². The Bertz CT molecular complexity index is 3130. The summed E-state index contributed by atoms with van der Waals surface area (Å²) in [5.74, 6) is 2.61. The number of hydrogen-bond donors (Lipinski definition) is 0. The van der Waals surface area contributed by atoms with Gasteiger partial charge in [-0.05, 0) is 112 Å². The predicted molar refractivity (Wildman–Crippen MR) is 302 cm³/mol. The van der Waals surface area contributed by atoms with E-state index in [2.05, 4.69) is 182 Å². The number of pyridine rings is 3. The summed E-state index contributed by atoms with van der Waals surface area (Å²) in [4.78, 5) is 14.0. The number of rotatable bonds is 11. The van der Waals surface area contributed by atoms with Crippen LogP contribution in [-0.2, 0) is 39.4 Å². The average molecular weight is 1140 g/mol. The molecule has 5 aromatic carbocycles. The first-order chi connectivity index (χ1) is 34.8. The molecule has 0 aliphatic heterocycles. The topological polar surface area (TPSA) is 51.8 Å². The second-order valence-electron chi connectivity index (χ2n) is 21.7. The summed E-state index contributed by atoms with van der Waals surface area (Å²) < 4.78 is 6.43. The number of para-hydroxylation sites is 1. The summed E-state index contributed by atoms with van der Waals surface area (Å²) in [7, 11) is -1.34.